The Hall–Kier alpha value is -2.10. The van der Waals surface area contributed by atoms with E-state index < -0.39 is 0 Å². The van der Waals surface area contributed by atoms with Gasteiger partial charge in [-0.1, -0.05) is 37.5 Å². The number of H-pyrrole nitrogens is 1. The smallest absolute Gasteiger partial charge is 0.255 e. The van der Waals surface area contributed by atoms with E-state index in [1.54, 1.807) is 0 Å². The monoisotopic (exact) mass is 285 g/mol. The lowest BCUT2D eigenvalue weighted by Crippen LogP contribution is -2.17. The van der Waals surface area contributed by atoms with Gasteiger partial charge in [0, 0.05) is 11.3 Å². The summed E-state index contributed by atoms with van der Waals surface area (Å²) >= 11 is 0. The number of rotatable bonds is 6. The fourth-order valence-corrected chi connectivity index (χ4v) is 2.20. The Balaban J connectivity index is 2.19. The number of nitrogens with one attached hydrogen (secondary N) is 2. The van der Waals surface area contributed by atoms with Crippen molar-refractivity contribution in [2.24, 2.45) is 0 Å². The van der Waals surface area contributed by atoms with E-state index in [-0.39, 0.29) is 5.56 Å². The van der Waals surface area contributed by atoms with Crippen molar-refractivity contribution < 1.29 is 0 Å². The van der Waals surface area contributed by atoms with Gasteiger partial charge in [-0.05, 0) is 38.8 Å². The van der Waals surface area contributed by atoms with E-state index in [1.165, 1.54) is 5.56 Å². The van der Waals surface area contributed by atoms with Crippen molar-refractivity contribution in [2.45, 2.75) is 46.5 Å². The van der Waals surface area contributed by atoms with Crippen LogP contribution in [0.15, 0.2) is 29.1 Å². The summed E-state index contributed by atoms with van der Waals surface area (Å²) in [4.78, 5) is 19.3. The van der Waals surface area contributed by atoms with Gasteiger partial charge in [-0.3, -0.25) is 9.78 Å². The van der Waals surface area contributed by atoms with Gasteiger partial charge >= 0.3 is 0 Å². The zero-order chi connectivity index (χ0) is 15.2. The van der Waals surface area contributed by atoms with Gasteiger partial charge in [-0.25, -0.2) is 4.98 Å². The van der Waals surface area contributed by atoms with Gasteiger partial charge in [-0.15, -0.1) is 0 Å². The second-order valence-corrected chi connectivity index (χ2v) is 5.43. The number of hydrogen-bond acceptors (Lipinski definition) is 3. The first-order valence-electron chi connectivity index (χ1n) is 7.53. The minimum absolute atomic E-state index is 0.0638. The molecule has 1 heterocycles. The maximum Gasteiger partial charge on any atom is 0.255 e. The molecule has 0 aliphatic rings. The molecule has 2 N–H and O–H groups in total. The third-order valence-corrected chi connectivity index (χ3v) is 3.58. The van der Waals surface area contributed by atoms with E-state index >= 15 is 0 Å². The summed E-state index contributed by atoms with van der Waals surface area (Å²) in [6.45, 7) is 6.05. The fraction of sp³-hybridized carbons (Fsp3) is 0.412. The summed E-state index contributed by atoms with van der Waals surface area (Å²) in [5.74, 6) is 0.515. The Morgan fingerprint density at radius 2 is 1.86 bits per heavy atom. The van der Waals surface area contributed by atoms with E-state index in [2.05, 4.69) is 22.2 Å². The molecule has 0 spiro atoms. The molecule has 0 radical (unpaired) electrons. The van der Waals surface area contributed by atoms with E-state index in [0.29, 0.717) is 5.95 Å². The predicted molar refractivity (Wildman–Crippen MR) is 87.3 cm³/mol. The van der Waals surface area contributed by atoms with E-state index in [9.17, 15) is 4.79 Å². The summed E-state index contributed by atoms with van der Waals surface area (Å²) in [7, 11) is 0. The second kappa shape index (κ2) is 7.07. The number of nitrogens with zero attached hydrogens (tertiary/aromatic N) is 1. The summed E-state index contributed by atoms with van der Waals surface area (Å²) in [6, 6.07) is 8.01. The van der Waals surface area contributed by atoms with Gasteiger partial charge in [0.15, 0.2) is 0 Å². The molecule has 21 heavy (non-hydrogen) atoms. The SMILES string of the molecule is CCCCCc1nc(Nc2ccc(C)cc2)[nH]c(=O)c1C. The number of aryl methyl sites for hydroxylation is 2. The molecule has 4 heteroatoms. The van der Waals surface area contributed by atoms with Gasteiger partial charge < -0.3 is 5.32 Å². The highest BCUT2D eigenvalue weighted by atomic mass is 16.1. The quantitative estimate of drug-likeness (QED) is 0.792. The van der Waals surface area contributed by atoms with Gasteiger partial charge in [0.2, 0.25) is 5.95 Å². The lowest BCUT2D eigenvalue weighted by molar-refractivity contribution is 0.702. The largest absolute Gasteiger partial charge is 0.326 e. The highest BCUT2D eigenvalue weighted by Gasteiger charge is 2.07. The van der Waals surface area contributed by atoms with Crippen LogP contribution in [0.5, 0.6) is 0 Å². The molecule has 0 aliphatic carbocycles. The van der Waals surface area contributed by atoms with E-state index in [0.717, 1.165) is 42.6 Å². The Kier molecular flexibility index (Phi) is 5.14. The molecular weight excluding hydrogens is 262 g/mol. The Labute approximate surface area is 125 Å². The van der Waals surface area contributed by atoms with Gasteiger partial charge in [0.1, 0.15) is 0 Å². The Morgan fingerprint density at radius 3 is 2.52 bits per heavy atom. The van der Waals surface area contributed by atoms with Gasteiger partial charge in [0.05, 0.1) is 5.69 Å². The van der Waals surface area contributed by atoms with Crippen LogP contribution in [0.2, 0.25) is 0 Å². The molecule has 1 aromatic carbocycles. The van der Waals surface area contributed by atoms with Crippen LogP contribution in [0.1, 0.15) is 43.0 Å². The van der Waals surface area contributed by atoms with Crippen LogP contribution in [0, 0.1) is 13.8 Å². The fourth-order valence-electron chi connectivity index (χ4n) is 2.20. The lowest BCUT2D eigenvalue weighted by atomic mass is 10.1. The molecule has 1 aromatic heterocycles. The second-order valence-electron chi connectivity index (χ2n) is 5.43. The molecule has 0 fully saturated rings. The molecule has 0 saturated carbocycles. The van der Waals surface area contributed by atoms with Crippen LogP contribution in [0.3, 0.4) is 0 Å². The first-order chi connectivity index (χ1) is 10.1. The number of anilines is 2. The number of hydrogen-bond donors (Lipinski definition) is 2. The van der Waals surface area contributed by atoms with Crippen LogP contribution in [0.25, 0.3) is 0 Å². The molecule has 2 aromatic rings. The molecule has 0 atom stereocenters. The minimum atomic E-state index is -0.0638. The van der Waals surface area contributed by atoms with Crippen LogP contribution in [-0.2, 0) is 6.42 Å². The summed E-state index contributed by atoms with van der Waals surface area (Å²) in [6.07, 6.45) is 4.25. The molecule has 0 unspecified atom stereocenters. The van der Waals surface area contributed by atoms with Crippen molar-refractivity contribution in [3.63, 3.8) is 0 Å². The molecule has 4 nitrogen and oxygen atoms in total. The van der Waals surface area contributed by atoms with Crippen molar-refractivity contribution in [1.29, 1.82) is 0 Å². The van der Waals surface area contributed by atoms with Crippen LogP contribution in [-0.4, -0.2) is 9.97 Å². The van der Waals surface area contributed by atoms with Crippen molar-refractivity contribution in [3.05, 3.63) is 51.4 Å². The third kappa shape index (κ3) is 4.18. The standard InChI is InChI=1S/C17H23N3O/c1-4-5-6-7-15-13(3)16(21)20-17(19-15)18-14-10-8-12(2)9-11-14/h8-11H,4-7H2,1-3H3,(H2,18,19,20,21). The van der Waals surface area contributed by atoms with Crippen molar-refractivity contribution in [3.8, 4) is 0 Å². The molecule has 0 aliphatic heterocycles. The van der Waals surface area contributed by atoms with Crippen LogP contribution < -0.4 is 10.9 Å². The lowest BCUT2D eigenvalue weighted by Gasteiger charge is -2.09. The Morgan fingerprint density at radius 1 is 1.14 bits per heavy atom. The highest BCUT2D eigenvalue weighted by molar-refractivity contribution is 5.53. The minimum Gasteiger partial charge on any atom is -0.326 e. The Bertz CT molecular complexity index is 644. The van der Waals surface area contributed by atoms with Crippen molar-refractivity contribution in [1.82, 2.24) is 9.97 Å². The molecular formula is C17H23N3O. The normalized spacial score (nSPS) is 10.6. The number of unbranched alkanes of at least 4 members (excludes halogenated alkanes) is 2. The number of benzene rings is 1. The molecule has 0 amide bonds. The van der Waals surface area contributed by atoms with Gasteiger partial charge in [-0.2, -0.15) is 0 Å². The zero-order valence-corrected chi connectivity index (χ0v) is 13.0. The molecule has 112 valence electrons. The van der Waals surface area contributed by atoms with Crippen molar-refractivity contribution >= 4 is 11.6 Å². The van der Waals surface area contributed by atoms with Crippen molar-refractivity contribution in [2.75, 3.05) is 5.32 Å². The van der Waals surface area contributed by atoms with Crippen LogP contribution >= 0.6 is 0 Å². The highest BCUT2D eigenvalue weighted by Crippen LogP contribution is 2.14. The molecule has 0 bridgehead atoms. The van der Waals surface area contributed by atoms with Gasteiger partial charge in [0.25, 0.3) is 5.56 Å². The molecule has 0 saturated heterocycles. The topological polar surface area (TPSA) is 57.8 Å². The van der Waals surface area contributed by atoms with E-state index in [1.807, 2.05) is 38.1 Å². The third-order valence-electron chi connectivity index (χ3n) is 3.58. The average Bonchev–Trinajstić information content (AvgIpc) is 2.46. The number of aromatic amines is 1. The summed E-state index contributed by atoms with van der Waals surface area (Å²) < 4.78 is 0. The summed E-state index contributed by atoms with van der Waals surface area (Å²) in [5.41, 5.74) is 3.67. The summed E-state index contributed by atoms with van der Waals surface area (Å²) in [5, 5.41) is 3.16. The van der Waals surface area contributed by atoms with Crippen LogP contribution in [0.4, 0.5) is 11.6 Å². The predicted octanol–water partition coefficient (Wildman–Crippen LogP) is 3.86. The average molecular weight is 285 g/mol. The maximum absolute atomic E-state index is 12.0. The number of aromatic nitrogens is 2. The van der Waals surface area contributed by atoms with E-state index in [4.69, 9.17) is 0 Å². The zero-order valence-electron chi connectivity index (χ0n) is 13.0. The molecule has 2 rings (SSSR count). The first kappa shape index (κ1) is 15.3. The first-order valence-corrected chi connectivity index (χ1v) is 7.53. The maximum atomic E-state index is 12.0.